The third-order valence-electron chi connectivity index (χ3n) is 2.20. The summed E-state index contributed by atoms with van der Waals surface area (Å²) in [4.78, 5) is 0.170. The molecule has 0 aliphatic carbocycles. The van der Waals surface area contributed by atoms with Crippen LogP contribution in [0.25, 0.3) is 0 Å². The lowest BCUT2D eigenvalue weighted by atomic mass is 10.3. The van der Waals surface area contributed by atoms with Gasteiger partial charge in [-0.2, -0.15) is 4.73 Å². The van der Waals surface area contributed by atoms with Gasteiger partial charge in [-0.3, -0.25) is 0 Å². The van der Waals surface area contributed by atoms with E-state index in [-0.39, 0.29) is 17.3 Å². The predicted octanol–water partition coefficient (Wildman–Crippen LogP) is 0.256. The van der Waals surface area contributed by atoms with Crippen LogP contribution in [0.2, 0.25) is 0 Å². The fraction of sp³-hybridized carbons (Fsp3) is 0.500. The van der Waals surface area contributed by atoms with Crippen molar-refractivity contribution in [2.45, 2.75) is 24.2 Å². The fourth-order valence-electron chi connectivity index (χ4n) is 1.30. The molecule has 0 saturated carbocycles. The van der Waals surface area contributed by atoms with E-state index < -0.39 is 9.84 Å². The molecule has 0 atom stereocenters. The minimum absolute atomic E-state index is 0.0515. The first-order valence-corrected chi connectivity index (χ1v) is 6.74. The van der Waals surface area contributed by atoms with Crippen molar-refractivity contribution in [3.05, 3.63) is 29.7 Å². The lowest BCUT2D eigenvalue weighted by molar-refractivity contribution is -0.605. The zero-order chi connectivity index (χ0) is 12.0. The van der Waals surface area contributed by atoms with Crippen LogP contribution >= 0.6 is 0 Å². The van der Waals surface area contributed by atoms with Gasteiger partial charge in [0.25, 0.3) is 0 Å². The van der Waals surface area contributed by atoms with Crippen LogP contribution < -0.4 is 4.73 Å². The van der Waals surface area contributed by atoms with Crippen molar-refractivity contribution in [2.75, 3.05) is 12.4 Å². The molecule has 0 aromatic carbocycles. The van der Waals surface area contributed by atoms with E-state index in [2.05, 4.69) is 0 Å². The summed E-state index contributed by atoms with van der Waals surface area (Å²) in [6.45, 7) is 0.0849. The quantitative estimate of drug-likeness (QED) is 0.442. The molecule has 0 aliphatic rings. The van der Waals surface area contributed by atoms with Crippen molar-refractivity contribution in [1.82, 2.24) is 0 Å². The van der Waals surface area contributed by atoms with Crippen LogP contribution in [0.5, 0.6) is 0 Å². The second-order valence-electron chi connectivity index (χ2n) is 3.50. The maximum Gasteiger partial charge on any atom is 0.181 e. The van der Waals surface area contributed by atoms with Crippen LogP contribution in [0.3, 0.4) is 0 Å². The van der Waals surface area contributed by atoms with Crippen molar-refractivity contribution in [2.24, 2.45) is 0 Å². The molecule has 0 spiro atoms. The predicted molar refractivity (Wildman–Crippen MR) is 58.4 cm³/mol. The Kier molecular flexibility index (Phi) is 4.70. The number of aromatic nitrogens is 1. The molecule has 1 aromatic heterocycles. The molecule has 5 nitrogen and oxygen atoms in total. The minimum Gasteiger partial charge on any atom is -0.619 e. The highest BCUT2D eigenvalue weighted by Crippen LogP contribution is 2.11. The van der Waals surface area contributed by atoms with Crippen molar-refractivity contribution in [3.8, 4) is 0 Å². The molecule has 0 unspecified atom stereocenters. The lowest BCUT2D eigenvalue weighted by Gasteiger charge is -2.03. The van der Waals surface area contributed by atoms with Gasteiger partial charge in [-0.1, -0.05) is 6.42 Å². The van der Waals surface area contributed by atoms with E-state index in [9.17, 15) is 13.6 Å². The summed E-state index contributed by atoms with van der Waals surface area (Å²) in [7, 11) is -3.29. The number of unbranched alkanes of at least 4 members (excludes halogenated alkanes) is 2. The minimum atomic E-state index is -3.29. The molecule has 1 N–H and O–H groups in total. The van der Waals surface area contributed by atoms with Gasteiger partial charge in [0.1, 0.15) is 0 Å². The second-order valence-corrected chi connectivity index (χ2v) is 5.61. The Bertz CT molecular complexity index is 413. The smallest absolute Gasteiger partial charge is 0.181 e. The molecule has 0 aliphatic heterocycles. The van der Waals surface area contributed by atoms with E-state index in [4.69, 9.17) is 5.11 Å². The van der Waals surface area contributed by atoms with E-state index in [0.717, 1.165) is 0 Å². The summed E-state index contributed by atoms with van der Waals surface area (Å²) < 4.78 is 24.0. The van der Waals surface area contributed by atoms with E-state index in [0.29, 0.717) is 24.0 Å². The van der Waals surface area contributed by atoms with Crippen LogP contribution in [-0.4, -0.2) is 25.9 Å². The summed E-state index contributed by atoms with van der Waals surface area (Å²) in [5.41, 5.74) is 0. The summed E-state index contributed by atoms with van der Waals surface area (Å²) in [5, 5.41) is 19.3. The number of rotatable bonds is 6. The molecule has 1 rings (SSSR count). The molecule has 16 heavy (non-hydrogen) atoms. The number of nitrogens with zero attached hydrogens (tertiary/aromatic N) is 1. The number of sulfone groups is 1. The monoisotopic (exact) mass is 245 g/mol. The van der Waals surface area contributed by atoms with Crippen molar-refractivity contribution < 1.29 is 18.3 Å². The van der Waals surface area contributed by atoms with E-state index in [1.165, 1.54) is 24.5 Å². The van der Waals surface area contributed by atoms with Crippen molar-refractivity contribution in [3.63, 3.8) is 0 Å². The second kappa shape index (κ2) is 5.81. The Labute approximate surface area is 94.9 Å². The first-order valence-electron chi connectivity index (χ1n) is 5.09. The average Bonchev–Trinajstić information content (AvgIpc) is 2.25. The highest BCUT2D eigenvalue weighted by molar-refractivity contribution is 7.91. The van der Waals surface area contributed by atoms with Crippen LogP contribution in [0, 0.1) is 5.21 Å². The summed E-state index contributed by atoms with van der Waals surface area (Å²) in [6.07, 6.45) is 4.16. The van der Waals surface area contributed by atoms with Gasteiger partial charge >= 0.3 is 0 Å². The van der Waals surface area contributed by atoms with Crippen molar-refractivity contribution in [1.29, 1.82) is 0 Å². The molecule has 1 aromatic rings. The van der Waals surface area contributed by atoms with Gasteiger partial charge in [0.15, 0.2) is 22.2 Å². The first kappa shape index (κ1) is 12.9. The molecule has 0 radical (unpaired) electrons. The summed E-state index contributed by atoms with van der Waals surface area (Å²) in [6, 6.07) is 2.60. The van der Waals surface area contributed by atoms with Crippen molar-refractivity contribution >= 4 is 9.84 Å². The first-order chi connectivity index (χ1) is 7.56. The molecule has 0 saturated heterocycles. The number of aliphatic hydroxyl groups is 1. The third-order valence-corrected chi connectivity index (χ3v) is 4.02. The highest BCUT2D eigenvalue weighted by Gasteiger charge is 2.14. The molecule has 0 bridgehead atoms. The lowest BCUT2D eigenvalue weighted by Crippen LogP contribution is -2.24. The molecule has 6 heteroatoms. The zero-order valence-electron chi connectivity index (χ0n) is 8.87. The standard InChI is InChI=1S/C10H15NO4S/c12-8-2-1-3-9-16(14,15)10-4-6-11(13)7-5-10/h4-7,12H,1-3,8-9H2. The maximum atomic E-state index is 11.7. The van der Waals surface area contributed by atoms with Crippen LogP contribution in [-0.2, 0) is 9.84 Å². The maximum absolute atomic E-state index is 11.7. The molecule has 0 fully saturated rings. The van der Waals surface area contributed by atoms with Gasteiger partial charge in [0.05, 0.1) is 10.6 Å². The molecule has 0 amide bonds. The Morgan fingerprint density at radius 3 is 2.38 bits per heavy atom. The normalized spacial score (nSPS) is 11.6. The Morgan fingerprint density at radius 1 is 1.19 bits per heavy atom. The van der Waals surface area contributed by atoms with Gasteiger partial charge in [0.2, 0.25) is 0 Å². The zero-order valence-corrected chi connectivity index (χ0v) is 9.69. The van der Waals surface area contributed by atoms with E-state index in [1.807, 2.05) is 0 Å². The average molecular weight is 245 g/mol. The topological polar surface area (TPSA) is 81.3 Å². The highest BCUT2D eigenvalue weighted by atomic mass is 32.2. The third kappa shape index (κ3) is 3.79. The van der Waals surface area contributed by atoms with Gasteiger partial charge in [0, 0.05) is 18.7 Å². The largest absolute Gasteiger partial charge is 0.619 e. The van der Waals surface area contributed by atoms with Gasteiger partial charge in [-0.15, -0.1) is 0 Å². The van der Waals surface area contributed by atoms with Crippen LogP contribution in [0.15, 0.2) is 29.4 Å². The molecular formula is C10H15NO4S. The summed E-state index contributed by atoms with van der Waals surface area (Å²) >= 11 is 0. The number of hydrogen-bond donors (Lipinski definition) is 1. The van der Waals surface area contributed by atoms with E-state index in [1.54, 1.807) is 0 Å². The Morgan fingerprint density at radius 2 is 1.81 bits per heavy atom. The Balaban J connectivity index is 2.60. The van der Waals surface area contributed by atoms with E-state index >= 15 is 0 Å². The SMILES string of the molecule is O=S(=O)(CCCCCO)c1cc[n+]([O-])cc1. The summed E-state index contributed by atoms with van der Waals surface area (Å²) in [5.74, 6) is 0.0515. The van der Waals surface area contributed by atoms with Gasteiger partial charge in [-0.25, -0.2) is 8.42 Å². The van der Waals surface area contributed by atoms with Gasteiger partial charge < -0.3 is 10.3 Å². The number of hydrogen-bond acceptors (Lipinski definition) is 4. The molecular weight excluding hydrogens is 230 g/mol. The Hall–Kier alpha value is -1.14. The molecule has 1 heterocycles. The number of pyridine rings is 1. The van der Waals surface area contributed by atoms with Crippen LogP contribution in [0.4, 0.5) is 0 Å². The number of aliphatic hydroxyl groups excluding tert-OH is 1. The van der Waals surface area contributed by atoms with Crippen LogP contribution in [0.1, 0.15) is 19.3 Å². The molecule has 90 valence electrons. The fourth-order valence-corrected chi connectivity index (χ4v) is 2.66. The van der Waals surface area contributed by atoms with Gasteiger partial charge in [-0.05, 0) is 12.8 Å².